The maximum atomic E-state index is 13.2. The molecule has 144 valence electrons. The molecule has 0 aromatic heterocycles. The first-order valence-electron chi connectivity index (χ1n) is 8.97. The number of nitrogens with zero attached hydrogens (tertiary/aromatic N) is 2. The fraction of sp³-hybridized carbons (Fsp3) is 0.350. The molecule has 27 heavy (non-hydrogen) atoms. The van der Waals surface area contributed by atoms with Crippen LogP contribution in [-0.2, 0) is 4.79 Å². The van der Waals surface area contributed by atoms with Gasteiger partial charge in [-0.25, -0.2) is 4.39 Å². The molecule has 0 aliphatic carbocycles. The molecule has 1 fully saturated rings. The molecular formula is C20H23ClFN3O2. The van der Waals surface area contributed by atoms with E-state index >= 15 is 0 Å². The molecule has 0 saturated carbocycles. The summed E-state index contributed by atoms with van der Waals surface area (Å²) in [4.78, 5) is 16.5. The van der Waals surface area contributed by atoms with E-state index in [0.717, 1.165) is 32.7 Å². The highest BCUT2D eigenvalue weighted by Gasteiger charge is 2.19. The Bertz CT molecular complexity index is 766. The van der Waals surface area contributed by atoms with Gasteiger partial charge >= 0.3 is 0 Å². The van der Waals surface area contributed by atoms with Gasteiger partial charge in [-0.1, -0.05) is 29.8 Å². The van der Waals surface area contributed by atoms with Gasteiger partial charge in [0.15, 0.2) is 0 Å². The Morgan fingerprint density at radius 1 is 1.07 bits per heavy atom. The standard InChI is InChI=1S/C20H23ClFN3O2/c21-18-6-1-2-7-19(18)27-13-12-24-8-10-25(11-9-24)15-20(26)23-17-5-3-4-16(22)14-17/h1-7,14H,8-13,15H2,(H,23,26). The van der Waals surface area contributed by atoms with E-state index in [-0.39, 0.29) is 11.7 Å². The Hall–Kier alpha value is -2.15. The summed E-state index contributed by atoms with van der Waals surface area (Å²) < 4.78 is 18.9. The number of benzene rings is 2. The quantitative estimate of drug-likeness (QED) is 0.787. The molecule has 1 N–H and O–H groups in total. The number of hydrogen-bond donors (Lipinski definition) is 1. The van der Waals surface area contributed by atoms with Crippen molar-refractivity contribution in [3.8, 4) is 5.75 Å². The number of anilines is 1. The van der Waals surface area contributed by atoms with Crippen LogP contribution in [0.1, 0.15) is 0 Å². The predicted octanol–water partition coefficient (Wildman–Crippen LogP) is 3.11. The van der Waals surface area contributed by atoms with Crippen LogP contribution >= 0.6 is 11.6 Å². The molecule has 1 heterocycles. The van der Waals surface area contributed by atoms with Crippen LogP contribution in [0, 0.1) is 5.82 Å². The summed E-state index contributed by atoms with van der Waals surface area (Å²) in [5.41, 5.74) is 0.482. The Kier molecular flexibility index (Phi) is 7.04. The summed E-state index contributed by atoms with van der Waals surface area (Å²) in [6.45, 7) is 5.06. The van der Waals surface area contributed by atoms with Gasteiger partial charge in [0.25, 0.3) is 0 Å². The van der Waals surface area contributed by atoms with Crippen LogP contribution in [-0.4, -0.2) is 61.6 Å². The van der Waals surface area contributed by atoms with Gasteiger partial charge in [-0.15, -0.1) is 0 Å². The van der Waals surface area contributed by atoms with E-state index in [2.05, 4.69) is 15.1 Å². The third kappa shape index (κ3) is 6.20. The average Bonchev–Trinajstić information content (AvgIpc) is 2.65. The summed E-state index contributed by atoms with van der Waals surface area (Å²) in [5, 5.41) is 3.35. The summed E-state index contributed by atoms with van der Waals surface area (Å²) in [7, 11) is 0. The minimum atomic E-state index is -0.361. The zero-order valence-corrected chi connectivity index (χ0v) is 15.8. The molecular weight excluding hydrogens is 369 g/mol. The van der Waals surface area contributed by atoms with Crippen molar-refractivity contribution in [3.05, 3.63) is 59.4 Å². The van der Waals surface area contributed by atoms with Crippen LogP contribution < -0.4 is 10.1 Å². The maximum absolute atomic E-state index is 13.2. The second kappa shape index (κ2) is 9.69. The average molecular weight is 392 g/mol. The lowest BCUT2D eigenvalue weighted by Gasteiger charge is -2.34. The van der Waals surface area contributed by atoms with Crippen molar-refractivity contribution in [2.45, 2.75) is 0 Å². The van der Waals surface area contributed by atoms with E-state index in [9.17, 15) is 9.18 Å². The van der Waals surface area contributed by atoms with Crippen LogP contribution in [0.2, 0.25) is 5.02 Å². The molecule has 0 bridgehead atoms. The number of ether oxygens (including phenoxy) is 1. The molecule has 7 heteroatoms. The van der Waals surface area contributed by atoms with Crippen molar-refractivity contribution >= 4 is 23.2 Å². The summed E-state index contributed by atoms with van der Waals surface area (Å²) in [5.74, 6) is 0.211. The highest BCUT2D eigenvalue weighted by Crippen LogP contribution is 2.22. The summed E-state index contributed by atoms with van der Waals surface area (Å²) >= 11 is 6.08. The first-order chi connectivity index (χ1) is 13.1. The van der Waals surface area contributed by atoms with Gasteiger partial charge in [0.05, 0.1) is 11.6 Å². The fourth-order valence-corrected chi connectivity index (χ4v) is 3.18. The molecule has 1 saturated heterocycles. The minimum Gasteiger partial charge on any atom is -0.491 e. The predicted molar refractivity (Wildman–Crippen MR) is 105 cm³/mol. The largest absolute Gasteiger partial charge is 0.491 e. The Morgan fingerprint density at radius 2 is 1.81 bits per heavy atom. The number of carbonyl (C=O) groups is 1. The van der Waals surface area contributed by atoms with E-state index in [1.807, 2.05) is 24.3 Å². The van der Waals surface area contributed by atoms with E-state index in [1.54, 1.807) is 12.1 Å². The third-order valence-electron chi connectivity index (χ3n) is 4.44. The van der Waals surface area contributed by atoms with Crippen molar-refractivity contribution in [2.75, 3.05) is 51.2 Å². The van der Waals surface area contributed by atoms with Crippen LogP contribution in [0.3, 0.4) is 0 Å². The molecule has 0 unspecified atom stereocenters. The smallest absolute Gasteiger partial charge is 0.238 e. The molecule has 0 atom stereocenters. The molecule has 0 radical (unpaired) electrons. The number of piperazine rings is 1. The molecule has 0 spiro atoms. The Balaban J connectivity index is 1.35. The van der Waals surface area contributed by atoms with Gasteiger partial charge < -0.3 is 10.1 Å². The SMILES string of the molecule is O=C(CN1CCN(CCOc2ccccc2Cl)CC1)Nc1cccc(F)c1. The first kappa shape index (κ1) is 19.6. The number of hydrogen-bond acceptors (Lipinski definition) is 4. The van der Waals surface area contributed by atoms with Crippen molar-refractivity contribution in [1.29, 1.82) is 0 Å². The van der Waals surface area contributed by atoms with Crippen LogP contribution in [0.4, 0.5) is 10.1 Å². The molecule has 2 aromatic rings. The van der Waals surface area contributed by atoms with E-state index in [4.69, 9.17) is 16.3 Å². The molecule has 1 aliphatic rings. The fourth-order valence-electron chi connectivity index (χ4n) is 2.99. The minimum absolute atomic E-state index is 0.129. The maximum Gasteiger partial charge on any atom is 0.238 e. The van der Waals surface area contributed by atoms with Crippen molar-refractivity contribution < 1.29 is 13.9 Å². The third-order valence-corrected chi connectivity index (χ3v) is 4.75. The first-order valence-corrected chi connectivity index (χ1v) is 9.35. The number of carbonyl (C=O) groups excluding carboxylic acids is 1. The zero-order valence-electron chi connectivity index (χ0n) is 15.0. The van der Waals surface area contributed by atoms with E-state index < -0.39 is 0 Å². The lowest BCUT2D eigenvalue weighted by atomic mass is 10.3. The lowest BCUT2D eigenvalue weighted by Crippen LogP contribution is -2.49. The lowest BCUT2D eigenvalue weighted by molar-refractivity contribution is -0.117. The number of halogens is 2. The zero-order chi connectivity index (χ0) is 19.1. The number of nitrogens with one attached hydrogen (secondary N) is 1. The van der Waals surface area contributed by atoms with E-state index in [0.29, 0.717) is 29.6 Å². The van der Waals surface area contributed by atoms with Gasteiger partial charge in [-0.2, -0.15) is 0 Å². The Labute approximate surface area is 163 Å². The van der Waals surface area contributed by atoms with Crippen molar-refractivity contribution in [1.82, 2.24) is 9.80 Å². The van der Waals surface area contributed by atoms with Crippen LogP contribution in [0.25, 0.3) is 0 Å². The highest BCUT2D eigenvalue weighted by molar-refractivity contribution is 6.32. The summed E-state index contributed by atoms with van der Waals surface area (Å²) in [6, 6.07) is 13.4. The normalized spacial score (nSPS) is 15.5. The summed E-state index contributed by atoms with van der Waals surface area (Å²) in [6.07, 6.45) is 0. The number of rotatable bonds is 7. The monoisotopic (exact) mass is 391 g/mol. The van der Waals surface area contributed by atoms with Gasteiger partial charge in [0.2, 0.25) is 5.91 Å². The molecule has 2 aromatic carbocycles. The second-order valence-corrected chi connectivity index (χ2v) is 6.86. The van der Waals surface area contributed by atoms with Crippen LogP contribution in [0.15, 0.2) is 48.5 Å². The van der Waals surface area contributed by atoms with Crippen molar-refractivity contribution in [2.24, 2.45) is 0 Å². The number of amides is 1. The van der Waals surface area contributed by atoms with Gasteiger partial charge in [-0.3, -0.25) is 14.6 Å². The van der Waals surface area contributed by atoms with Crippen LogP contribution in [0.5, 0.6) is 5.75 Å². The topological polar surface area (TPSA) is 44.8 Å². The second-order valence-electron chi connectivity index (χ2n) is 6.46. The van der Waals surface area contributed by atoms with Gasteiger partial charge in [0.1, 0.15) is 18.2 Å². The van der Waals surface area contributed by atoms with E-state index in [1.165, 1.54) is 12.1 Å². The van der Waals surface area contributed by atoms with Gasteiger partial charge in [-0.05, 0) is 30.3 Å². The van der Waals surface area contributed by atoms with Gasteiger partial charge in [0, 0.05) is 38.4 Å². The van der Waals surface area contributed by atoms with Crippen molar-refractivity contribution in [3.63, 3.8) is 0 Å². The molecule has 5 nitrogen and oxygen atoms in total. The highest BCUT2D eigenvalue weighted by atomic mass is 35.5. The Morgan fingerprint density at radius 3 is 2.56 bits per heavy atom. The molecule has 1 aliphatic heterocycles. The molecule has 3 rings (SSSR count). The molecule has 1 amide bonds. The number of para-hydroxylation sites is 1.